The highest BCUT2D eigenvalue weighted by Crippen LogP contribution is 2.30. The maximum Gasteiger partial charge on any atom is 0.573 e. The molecule has 0 radical (unpaired) electrons. The lowest BCUT2D eigenvalue weighted by molar-refractivity contribution is -0.274. The van der Waals surface area contributed by atoms with Crippen molar-refractivity contribution in [3.8, 4) is 5.75 Å². The van der Waals surface area contributed by atoms with Crippen LogP contribution in [0.3, 0.4) is 0 Å². The molecule has 0 saturated heterocycles. The number of aliphatic imine (C=N–C) groups is 1. The molecule has 24 heavy (non-hydrogen) atoms. The highest BCUT2D eigenvalue weighted by Gasteiger charge is 2.32. The number of hydrogen-bond acceptors (Lipinski definition) is 3. The first kappa shape index (κ1) is 20.8. The Kier molecular flexibility index (Phi) is 7.58. The Balaban J connectivity index is 0.00000288. The summed E-state index contributed by atoms with van der Waals surface area (Å²) in [5, 5.41) is 12.9. The van der Waals surface area contributed by atoms with E-state index in [1.807, 2.05) is 0 Å². The van der Waals surface area contributed by atoms with E-state index < -0.39 is 17.7 Å². The summed E-state index contributed by atoms with van der Waals surface area (Å²) in [6.07, 6.45) is -0.540. The molecule has 1 aromatic carbocycles. The van der Waals surface area contributed by atoms with E-state index in [4.69, 9.17) is 5.73 Å². The molecule has 0 heterocycles. The van der Waals surface area contributed by atoms with Gasteiger partial charge in [-0.05, 0) is 25.0 Å². The average molecular weight is 459 g/mol. The molecular formula is C15H21F3IN3O2. The predicted molar refractivity (Wildman–Crippen MR) is 96.7 cm³/mol. The molecule has 1 saturated carbocycles. The lowest BCUT2D eigenvalue weighted by Crippen LogP contribution is -2.36. The zero-order chi connectivity index (χ0) is 16.9. The van der Waals surface area contributed by atoms with Gasteiger partial charge in [-0.1, -0.05) is 31.4 Å². The molecule has 2 rings (SSSR count). The summed E-state index contributed by atoms with van der Waals surface area (Å²) in [6.45, 7) is 0.119. The number of para-hydroxylation sites is 2. The van der Waals surface area contributed by atoms with Crippen molar-refractivity contribution in [1.82, 2.24) is 0 Å². The molecular weight excluding hydrogens is 438 g/mol. The second-order valence-corrected chi connectivity index (χ2v) is 5.66. The Morgan fingerprint density at radius 1 is 1.25 bits per heavy atom. The Morgan fingerprint density at radius 2 is 1.88 bits per heavy atom. The van der Waals surface area contributed by atoms with Crippen molar-refractivity contribution in [2.45, 2.75) is 44.1 Å². The van der Waals surface area contributed by atoms with E-state index in [0.29, 0.717) is 12.8 Å². The van der Waals surface area contributed by atoms with Gasteiger partial charge in [0.25, 0.3) is 0 Å². The lowest BCUT2D eigenvalue weighted by Gasteiger charge is -2.30. The summed E-state index contributed by atoms with van der Waals surface area (Å²) < 4.78 is 41.0. The van der Waals surface area contributed by atoms with Gasteiger partial charge in [0.2, 0.25) is 0 Å². The van der Waals surface area contributed by atoms with Crippen LogP contribution in [0.4, 0.5) is 18.9 Å². The van der Waals surface area contributed by atoms with Crippen LogP contribution in [0.25, 0.3) is 0 Å². The quantitative estimate of drug-likeness (QED) is 0.365. The SMILES string of the molecule is I.NC(=NCC1(O)CCCCC1)Nc1ccccc1OC(F)(F)F. The van der Waals surface area contributed by atoms with Crippen LogP contribution in [0, 0.1) is 0 Å². The van der Waals surface area contributed by atoms with Crippen molar-refractivity contribution in [2.75, 3.05) is 11.9 Å². The number of halogens is 4. The molecule has 0 spiro atoms. The van der Waals surface area contributed by atoms with Crippen LogP contribution in [0.5, 0.6) is 5.75 Å². The molecule has 0 amide bonds. The zero-order valence-corrected chi connectivity index (χ0v) is 15.3. The van der Waals surface area contributed by atoms with Gasteiger partial charge in [-0.2, -0.15) is 0 Å². The van der Waals surface area contributed by atoms with E-state index in [0.717, 1.165) is 19.3 Å². The predicted octanol–water partition coefficient (Wildman–Crippen LogP) is 3.63. The summed E-state index contributed by atoms with van der Waals surface area (Å²) in [4.78, 5) is 4.05. The van der Waals surface area contributed by atoms with E-state index in [-0.39, 0.29) is 42.2 Å². The number of nitrogens with two attached hydrogens (primary N) is 1. The minimum atomic E-state index is -4.79. The summed E-state index contributed by atoms with van der Waals surface area (Å²) >= 11 is 0. The van der Waals surface area contributed by atoms with Gasteiger partial charge < -0.3 is 20.9 Å². The van der Waals surface area contributed by atoms with Gasteiger partial charge >= 0.3 is 6.36 Å². The van der Waals surface area contributed by atoms with Crippen molar-refractivity contribution in [3.05, 3.63) is 24.3 Å². The van der Waals surface area contributed by atoms with Crippen LogP contribution < -0.4 is 15.8 Å². The van der Waals surface area contributed by atoms with E-state index in [1.165, 1.54) is 18.2 Å². The maximum absolute atomic E-state index is 12.4. The zero-order valence-electron chi connectivity index (χ0n) is 13.0. The molecule has 0 bridgehead atoms. The second kappa shape index (κ2) is 8.75. The van der Waals surface area contributed by atoms with Gasteiger partial charge in [-0.25, -0.2) is 0 Å². The standard InChI is InChI=1S/C15H20F3N3O2.HI/c16-15(17,18)23-12-7-3-2-6-11(12)21-13(19)20-10-14(22)8-4-1-5-9-14;/h2-3,6-7,22H,1,4-5,8-10H2,(H3,19,20,21);1H. The van der Waals surface area contributed by atoms with Gasteiger partial charge in [0.15, 0.2) is 11.7 Å². The summed E-state index contributed by atoms with van der Waals surface area (Å²) in [6, 6.07) is 5.55. The Bertz CT molecular complexity index is 561. The highest BCUT2D eigenvalue weighted by atomic mass is 127. The summed E-state index contributed by atoms with van der Waals surface area (Å²) in [5.41, 5.74) is 4.88. The average Bonchev–Trinajstić information content (AvgIpc) is 2.47. The molecule has 1 fully saturated rings. The van der Waals surface area contributed by atoms with E-state index in [2.05, 4.69) is 15.0 Å². The first-order valence-corrected chi connectivity index (χ1v) is 7.42. The normalized spacial score (nSPS) is 17.8. The fraction of sp³-hybridized carbons (Fsp3) is 0.533. The number of rotatable bonds is 4. The van der Waals surface area contributed by atoms with Crippen LogP contribution in [0.15, 0.2) is 29.3 Å². The summed E-state index contributed by atoms with van der Waals surface area (Å²) in [7, 11) is 0. The molecule has 0 aliphatic heterocycles. The minimum absolute atomic E-state index is 0. The van der Waals surface area contributed by atoms with Crippen molar-refractivity contribution in [1.29, 1.82) is 0 Å². The molecule has 0 atom stereocenters. The van der Waals surface area contributed by atoms with Gasteiger partial charge in [-0.15, -0.1) is 37.1 Å². The van der Waals surface area contributed by atoms with Crippen molar-refractivity contribution >= 4 is 35.6 Å². The molecule has 0 unspecified atom stereocenters. The third-order valence-corrected chi connectivity index (χ3v) is 3.70. The third-order valence-electron chi connectivity index (χ3n) is 3.70. The molecule has 9 heteroatoms. The number of hydrogen-bond donors (Lipinski definition) is 3. The molecule has 4 N–H and O–H groups in total. The van der Waals surface area contributed by atoms with Gasteiger partial charge in [-0.3, -0.25) is 4.99 Å². The number of anilines is 1. The first-order valence-electron chi connectivity index (χ1n) is 7.42. The van der Waals surface area contributed by atoms with Crippen LogP contribution >= 0.6 is 24.0 Å². The summed E-state index contributed by atoms with van der Waals surface area (Å²) in [5.74, 6) is -0.461. The molecule has 0 aromatic heterocycles. The number of nitrogens with zero attached hydrogens (tertiary/aromatic N) is 1. The first-order chi connectivity index (χ1) is 10.8. The van der Waals surface area contributed by atoms with Gasteiger partial charge in [0, 0.05) is 0 Å². The smallest absolute Gasteiger partial charge is 0.404 e. The maximum atomic E-state index is 12.4. The van der Waals surface area contributed by atoms with E-state index in [1.54, 1.807) is 6.07 Å². The fourth-order valence-electron chi connectivity index (χ4n) is 2.56. The molecule has 1 aromatic rings. The number of alkyl halides is 3. The van der Waals surface area contributed by atoms with Gasteiger partial charge in [0.05, 0.1) is 17.8 Å². The van der Waals surface area contributed by atoms with E-state index in [9.17, 15) is 18.3 Å². The molecule has 1 aliphatic carbocycles. The number of benzene rings is 1. The third kappa shape index (κ3) is 6.71. The number of nitrogens with one attached hydrogen (secondary N) is 1. The monoisotopic (exact) mass is 459 g/mol. The fourth-order valence-corrected chi connectivity index (χ4v) is 2.56. The largest absolute Gasteiger partial charge is 0.573 e. The van der Waals surface area contributed by atoms with Crippen LogP contribution in [0.1, 0.15) is 32.1 Å². The molecule has 5 nitrogen and oxygen atoms in total. The van der Waals surface area contributed by atoms with Crippen LogP contribution in [-0.4, -0.2) is 29.6 Å². The number of aliphatic hydroxyl groups is 1. The minimum Gasteiger partial charge on any atom is -0.404 e. The lowest BCUT2D eigenvalue weighted by atomic mass is 9.85. The number of ether oxygens (including phenoxy) is 1. The Labute approximate surface area is 155 Å². The van der Waals surface area contributed by atoms with Crippen molar-refractivity contribution in [2.24, 2.45) is 10.7 Å². The van der Waals surface area contributed by atoms with Crippen LogP contribution in [-0.2, 0) is 0 Å². The van der Waals surface area contributed by atoms with Crippen molar-refractivity contribution in [3.63, 3.8) is 0 Å². The Hall–Kier alpha value is -1.23. The van der Waals surface area contributed by atoms with Crippen molar-refractivity contribution < 1.29 is 23.0 Å². The van der Waals surface area contributed by atoms with E-state index >= 15 is 0 Å². The van der Waals surface area contributed by atoms with Crippen LogP contribution in [0.2, 0.25) is 0 Å². The highest BCUT2D eigenvalue weighted by molar-refractivity contribution is 14.0. The molecule has 136 valence electrons. The van der Waals surface area contributed by atoms with Gasteiger partial charge in [0.1, 0.15) is 0 Å². The topological polar surface area (TPSA) is 79.9 Å². The number of guanidine groups is 1. The molecule has 1 aliphatic rings. The Morgan fingerprint density at radius 3 is 2.50 bits per heavy atom. The second-order valence-electron chi connectivity index (χ2n) is 5.66.